The van der Waals surface area contributed by atoms with Crippen molar-refractivity contribution in [3.63, 3.8) is 0 Å². The molecule has 1 N–H and O–H groups in total. The summed E-state index contributed by atoms with van der Waals surface area (Å²) in [7, 11) is 0. The third-order valence-corrected chi connectivity index (χ3v) is 3.92. The Morgan fingerprint density at radius 1 is 1.41 bits per heavy atom. The van der Waals surface area contributed by atoms with Crippen LogP contribution in [0.3, 0.4) is 0 Å². The molecule has 0 aliphatic carbocycles. The van der Waals surface area contributed by atoms with Gasteiger partial charge in [0.05, 0.1) is 6.04 Å². The Hall–Kier alpha value is -2.37. The van der Waals surface area contributed by atoms with Gasteiger partial charge < -0.3 is 14.7 Å². The van der Waals surface area contributed by atoms with E-state index >= 15 is 0 Å². The second-order valence-corrected chi connectivity index (χ2v) is 5.61. The maximum absolute atomic E-state index is 13.6. The summed E-state index contributed by atoms with van der Waals surface area (Å²) in [6, 6.07) is 6.19. The highest BCUT2D eigenvalue weighted by molar-refractivity contribution is 5.89. The molecule has 1 aliphatic heterocycles. The number of hydrogen-bond donors (Lipinski definition) is 1. The summed E-state index contributed by atoms with van der Waals surface area (Å²) < 4.78 is 18.7. The van der Waals surface area contributed by atoms with Crippen molar-refractivity contribution in [2.75, 3.05) is 11.9 Å². The monoisotopic (exact) mass is 303 g/mol. The number of amides is 2. The third kappa shape index (κ3) is 2.81. The smallest absolute Gasteiger partial charge is 0.322 e. The van der Waals surface area contributed by atoms with Crippen LogP contribution in [0.4, 0.5) is 14.9 Å². The van der Waals surface area contributed by atoms with E-state index in [-0.39, 0.29) is 17.9 Å². The molecule has 1 aliphatic rings. The highest BCUT2D eigenvalue weighted by atomic mass is 19.1. The number of aromatic nitrogens is 1. The van der Waals surface area contributed by atoms with E-state index in [0.29, 0.717) is 17.8 Å². The number of nitrogens with one attached hydrogen (secondary N) is 1. The summed E-state index contributed by atoms with van der Waals surface area (Å²) >= 11 is 0. The molecule has 0 unspecified atom stereocenters. The van der Waals surface area contributed by atoms with Crippen LogP contribution in [0.15, 0.2) is 28.8 Å². The molecule has 0 saturated carbocycles. The highest BCUT2D eigenvalue weighted by Gasteiger charge is 2.32. The zero-order chi connectivity index (χ0) is 15.7. The molecule has 1 aromatic carbocycles. The topological polar surface area (TPSA) is 58.4 Å². The zero-order valence-electron chi connectivity index (χ0n) is 12.6. The van der Waals surface area contributed by atoms with Crippen LogP contribution in [0.5, 0.6) is 0 Å². The fourth-order valence-corrected chi connectivity index (χ4v) is 2.73. The first-order valence-electron chi connectivity index (χ1n) is 7.31. The van der Waals surface area contributed by atoms with E-state index in [4.69, 9.17) is 4.52 Å². The SMILES string of the molecule is Cc1cc([C@H]2CCCN2C(=O)Nc2ccc(C)c(F)c2)no1. The highest BCUT2D eigenvalue weighted by Crippen LogP contribution is 2.32. The predicted molar refractivity (Wildman–Crippen MR) is 80.1 cm³/mol. The van der Waals surface area contributed by atoms with Gasteiger partial charge >= 0.3 is 6.03 Å². The lowest BCUT2D eigenvalue weighted by Crippen LogP contribution is -2.34. The van der Waals surface area contributed by atoms with Gasteiger partial charge in [0.25, 0.3) is 0 Å². The van der Waals surface area contributed by atoms with E-state index in [1.807, 2.05) is 13.0 Å². The van der Waals surface area contributed by atoms with Crippen LogP contribution in [0.1, 0.15) is 35.9 Å². The molecule has 6 heteroatoms. The van der Waals surface area contributed by atoms with Gasteiger partial charge in [0.1, 0.15) is 17.3 Å². The molecule has 2 heterocycles. The molecule has 3 rings (SSSR count). The Morgan fingerprint density at radius 2 is 2.23 bits per heavy atom. The molecular formula is C16H18FN3O2. The van der Waals surface area contributed by atoms with Crippen molar-refractivity contribution < 1.29 is 13.7 Å². The Bertz CT molecular complexity index is 698. The van der Waals surface area contributed by atoms with E-state index in [1.165, 1.54) is 6.07 Å². The number of hydrogen-bond acceptors (Lipinski definition) is 3. The third-order valence-electron chi connectivity index (χ3n) is 3.92. The number of halogens is 1. The van der Waals surface area contributed by atoms with Crippen LogP contribution in [-0.2, 0) is 0 Å². The lowest BCUT2D eigenvalue weighted by molar-refractivity contribution is 0.204. The first-order valence-corrected chi connectivity index (χ1v) is 7.31. The van der Waals surface area contributed by atoms with Gasteiger partial charge in [-0.1, -0.05) is 11.2 Å². The van der Waals surface area contributed by atoms with Crippen molar-refractivity contribution in [3.05, 3.63) is 47.1 Å². The number of urea groups is 1. The number of rotatable bonds is 2. The largest absolute Gasteiger partial charge is 0.361 e. The average Bonchev–Trinajstić information content (AvgIpc) is 3.11. The van der Waals surface area contributed by atoms with Crippen LogP contribution in [-0.4, -0.2) is 22.6 Å². The minimum atomic E-state index is -0.331. The minimum Gasteiger partial charge on any atom is -0.361 e. The number of benzene rings is 1. The molecule has 1 saturated heterocycles. The number of carbonyl (C=O) groups excluding carboxylic acids is 1. The molecular weight excluding hydrogens is 285 g/mol. The fourth-order valence-electron chi connectivity index (χ4n) is 2.73. The van der Waals surface area contributed by atoms with Gasteiger partial charge in [0, 0.05) is 18.3 Å². The Kier molecular flexibility index (Phi) is 3.83. The normalized spacial score (nSPS) is 17.8. The average molecular weight is 303 g/mol. The molecule has 2 amide bonds. The summed E-state index contributed by atoms with van der Waals surface area (Å²) in [4.78, 5) is 14.2. The quantitative estimate of drug-likeness (QED) is 0.918. The van der Waals surface area contributed by atoms with Gasteiger partial charge in [-0.2, -0.15) is 0 Å². The molecule has 5 nitrogen and oxygen atoms in total. The van der Waals surface area contributed by atoms with Gasteiger partial charge in [-0.05, 0) is 44.4 Å². The number of carbonyl (C=O) groups is 1. The zero-order valence-corrected chi connectivity index (χ0v) is 12.6. The van der Waals surface area contributed by atoms with Crippen molar-refractivity contribution in [1.82, 2.24) is 10.1 Å². The Labute approximate surface area is 128 Å². The number of aryl methyl sites for hydroxylation is 2. The first-order chi connectivity index (χ1) is 10.5. The maximum atomic E-state index is 13.6. The van der Waals surface area contributed by atoms with E-state index in [2.05, 4.69) is 10.5 Å². The van der Waals surface area contributed by atoms with Crippen molar-refractivity contribution in [2.45, 2.75) is 32.7 Å². The lowest BCUT2D eigenvalue weighted by atomic mass is 10.1. The van der Waals surface area contributed by atoms with E-state index in [1.54, 1.807) is 24.0 Å². The minimum absolute atomic E-state index is 0.0901. The second kappa shape index (κ2) is 5.79. The second-order valence-electron chi connectivity index (χ2n) is 5.61. The van der Waals surface area contributed by atoms with Crippen LogP contribution in [0.25, 0.3) is 0 Å². The van der Waals surface area contributed by atoms with Crippen LogP contribution >= 0.6 is 0 Å². The van der Waals surface area contributed by atoms with Gasteiger partial charge in [-0.15, -0.1) is 0 Å². The molecule has 22 heavy (non-hydrogen) atoms. The van der Waals surface area contributed by atoms with Gasteiger partial charge in [-0.25, -0.2) is 9.18 Å². The molecule has 1 aromatic heterocycles. The molecule has 2 aromatic rings. The molecule has 116 valence electrons. The maximum Gasteiger partial charge on any atom is 0.322 e. The summed E-state index contributed by atoms with van der Waals surface area (Å²) in [5, 5.41) is 6.75. The van der Waals surface area contributed by atoms with Crippen LogP contribution in [0.2, 0.25) is 0 Å². The van der Waals surface area contributed by atoms with Crippen LogP contribution < -0.4 is 5.32 Å². The molecule has 0 spiro atoms. The number of nitrogens with zero attached hydrogens (tertiary/aromatic N) is 2. The summed E-state index contributed by atoms with van der Waals surface area (Å²) in [6.45, 7) is 4.16. The van der Waals surface area contributed by atoms with Crippen LogP contribution in [0, 0.1) is 19.7 Å². The van der Waals surface area contributed by atoms with Gasteiger partial charge in [0.2, 0.25) is 0 Å². The first kappa shape index (κ1) is 14.6. The van der Waals surface area contributed by atoms with E-state index in [9.17, 15) is 9.18 Å². The van der Waals surface area contributed by atoms with E-state index in [0.717, 1.165) is 24.3 Å². The molecule has 0 radical (unpaired) electrons. The van der Waals surface area contributed by atoms with Crippen molar-refractivity contribution in [1.29, 1.82) is 0 Å². The molecule has 1 fully saturated rings. The van der Waals surface area contributed by atoms with E-state index < -0.39 is 0 Å². The molecule has 1 atom stereocenters. The van der Waals surface area contributed by atoms with Crippen molar-refractivity contribution in [3.8, 4) is 0 Å². The van der Waals surface area contributed by atoms with Crippen molar-refractivity contribution >= 4 is 11.7 Å². The fraction of sp³-hybridized carbons (Fsp3) is 0.375. The lowest BCUT2D eigenvalue weighted by Gasteiger charge is -2.23. The number of anilines is 1. The summed E-state index contributed by atoms with van der Waals surface area (Å²) in [5.74, 6) is 0.394. The number of likely N-dealkylation sites (tertiary alicyclic amines) is 1. The summed E-state index contributed by atoms with van der Waals surface area (Å²) in [6.07, 6.45) is 1.76. The standard InChI is InChI=1S/C16H18FN3O2/c1-10-5-6-12(9-13(10)17)18-16(21)20-7-3-4-15(20)14-8-11(2)22-19-14/h5-6,8-9,15H,3-4,7H2,1-2H3,(H,18,21)/t15-/m1/s1. The van der Waals surface area contributed by atoms with Crippen molar-refractivity contribution in [2.24, 2.45) is 0 Å². The Balaban J connectivity index is 1.74. The van der Waals surface area contributed by atoms with Gasteiger partial charge in [0.15, 0.2) is 0 Å². The Morgan fingerprint density at radius 3 is 2.91 bits per heavy atom. The predicted octanol–water partition coefficient (Wildman–Crippen LogP) is 3.80. The summed E-state index contributed by atoms with van der Waals surface area (Å²) in [5.41, 5.74) is 1.77. The molecule has 0 bridgehead atoms. The van der Waals surface area contributed by atoms with Gasteiger partial charge in [-0.3, -0.25) is 0 Å².